The summed E-state index contributed by atoms with van der Waals surface area (Å²) in [5, 5.41) is 0. The molecular formula is C88H33B3F43-3. The summed E-state index contributed by atoms with van der Waals surface area (Å²) in [7, 11) is 0. The lowest BCUT2D eigenvalue weighted by atomic mass is 9.12. The molecular weight excluding hydrogens is 1910 g/mol. The zero-order valence-electron chi connectivity index (χ0n) is 64.9. The molecule has 0 aliphatic heterocycles. The molecule has 0 radical (unpaired) electrons. The number of hydrogen-bond acceptors (Lipinski definition) is 0. The first-order valence-electron chi connectivity index (χ1n) is 35.9. The summed E-state index contributed by atoms with van der Waals surface area (Å²) >= 11 is 0. The van der Waals surface area contributed by atoms with Gasteiger partial charge in [-0.25, -0.2) is 180 Å². The maximum atomic E-state index is 16.0. The van der Waals surface area contributed by atoms with E-state index in [0.717, 1.165) is 72.8 Å². The van der Waals surface area contributed by atoms with Gasteiger partial charge >= 0.3 is 6.08 Å². The van der Waals surface area contributed by atoms with Gasteiger partial charge in [0.25, 0.3) is 0 Å². The highest BCUT2D eigenvalue weighted by Gasteiger charge is 2.54. The fourth-order valence-electron chi connectivity index (χ4n) is 15.9. The van der Waals surface area contributed by atoms with Crippen molar-refractivity contribution in [1.29, 1.82) is 0 Å². The molecule has 0 heterocycles. The Kier molecular flexibility index (Phi) is 28.7. The SMILES string of the molecule is C=Cc1c(F)c(F)c([B-](c2c(F)c(F)c(F)c(F)c2F)(c2c(F)c(F)c(C=C)c(F)c2F)c2c(F)c(F)c(C=C)c(F)c2F)c(F)c1F.C=Cc1c(F)cc([B-](c2cc(F)c(C=C)c(F)c2)(c2cc(F)c(C=C)c(F)c2)c2cc(F)c(C=C)c(F)c2)cc1F.FC(F)=C(F)c1ccc([B-](c2c(F)c(F)c(F)c(F)c2F)(c2c(F)c(F)c(F)c(F)c2F)c2c(F)c(F)c(F)c(F)c2F)cc1. The molecule has 698 valence electrons. The molecule has 12 rings (SSSR count). The topological polar surface area (TPSA) is 0 Å². The molecule has 46 heteroatoms. The van der Waals surface area contributed by atoms with Crippen molar-refractivity contribution in [3.8, 4) is 0 Å². The molecule has 0 nitrogen and oxygen atoms in total. The first-order valence-corrected chi connectivity index (χ1v) is 35.9. The van der Waals surface area contributed by atoms with Crippen molar-refractivity contribution in [2.45, 2.75) is 0 Å². The fourth-order valence-corrected chi connectivity index (χ4v) is 15.9. The van der Waals surface area contributed by atoms with Crippen LogP contribution in [0, 0.1) is 233 Å². The molecule has 0 saturated heterocycles. The van der Waals surface area contributed by atoms with E-state index >= 15 is 123 Å². The minimum Gasteiger partial charge on any atom is -0.207 e. The van der Waals surface area contributed by atoms with Gasteiger partial charge in [-0.15, -0.1) is 38.2 Å². The third kappa shape index (κ3) is 15.5. The van der Waals surface area contributed by atoms with Crippen molar-refractivity contribution in [1.82, 2.24) is 0 Å². The molecule has 0 bridgehead atoms. The van der Waals surface area contributed by atoms with Crippen molar-refractivity contribution in [3.63, 3.8) is 0 Å². The van der Waals surface area contributed by atoms with Gasteiger partial charge in [-0.2, -0.15) is 36.1 Å². The number of hydrogen-bond donors (Lipinski definition) is 0. The molecule has 12 aromatic rings. The van der Waals surface area contributed by atoms with Crippen molar-refractivity contribution in [2.24, 2.45) is 0 Å². The number of benzene rings is 12. The molecule has 0 atom stereocenters. The zero-order valence-corrected chi connectivity index (χ0v) is 64.9. The van der Waals surface area contributed by atoms with E-state index in [4.69, 9.17) is 0 Å². The third-order valence-corrected chi connectivity index (χ3v) is 21.7. The van der Waals surface area contributed by atoms with E-state index < -0.39 is 373 Å². The lowest BCUT2D eigenvalue weighted by Crippen LogP contribution is -2.81. The van der Waals surface area contributed by atoms with Gasteiger partial charge < -0.3 is 0 Å². The maximum absolute atomic E-state index is 16.0. The number of rotatable bonds is 20. The lowest BCUT2D eigenvalue weighted by Gasteiger charge is -2.45. The summed E-state index contributed by atoms with van der Waals surface area (Å²) < 4.78 is 646. The quantitative estimate of drug-likeness (QED) is 0.0309. The van der Waals surface area contributed by atoms with Gasteiger partial charge in [-0.05, 0) is 0 Å². The van der Waals surface area contributed by atoms with Crippen molar-refractivity contribution < 1.29 is 189 Å². The van der Waals surface area contributed by atoms with Gasteiger partial charge in [0.05, 0.1) is 16.7 Å². The maximum Gasteiger partial charge on any atom is 0.306 e. The van der Waals surface area contributed by atoms with Gasteiger partial charge in [0, 0.05) is 27.8 Å². The minimum absolute atomic E-state index is 0.0183. The Morgan fingerprint density at radius 1 is 0.164 bits per heavy atom. The Morgan fingerprint density at radius 3 is 0.455 bits per heavy atom. The summed E-state index contributed by atoms with van der Waals surface area (Å²) in [6.07, 6.45) is -16.1. The van der Waals surface area contributed by atoms with E-state index in [-0.39, 0.29) is 42.5 Å². The zero-order chi connectivity index (χ0) is 101. The average Bonchev–Trinajstić information content (AvgIpc) is 0.694. The summed E-state index contributed by atoms with van der Waals surface area (Å²) in [5.41, 5.74) is -34.4. The second-order valence-corrected chi connectivity index (χ2v) is 28.0. The Morgan fingerprint density at radius 2 is 0.306 bits per heavy atom. The minimum atomic E-state index is -6.84. The van der Waals surface area contributed by atoms with Crippen LogP contribution < -0.4 is 65.6 Å². The van der Waals surface area contributed by atoms with Crippen molar-refractivity contribution in [2.75, 3.05) is 0 Å². The summed E-state index contributed by atoms with van der Waals surface area (Å²) in [5.74, 6) is -113. The van der Waals surface area contributed by atoms with Gasteiger partial charge in [0.2, 0.25) is 0 Å². The highest BCUT2D eigenvalue weighted by Crippen LogP contribution is 2.37. The third-order valence-electron chi connectivity index (χ3n) is 21.7. The first kappa shape index (κ1) is 102. The highest BCUT2D eigenvalue weighted by atomic mass is 19.3. The summed E-state index contributed by atoms with van der Waals surface area (Å²) in [6, 6.07) is 5.87. The molecule has 0 fully saturated rings. The second kappa shape index (κ2) is 37.8. The molecule has 0 amide bonds. The Bertz CT molecular complexity index is 6230. The number of halogens is 43. The fraction of sp³-hybridized carbons (Fsp3) is 0. The molecule has 0 saturated carbocycles. The van der Waals surface area contributed by atoms with E-state index in [0.29, 0.717) is 0 Å². The van der Waals surface area contributed by atoms with Crippen LogP contribution in [0.25, 0.3) is 48.4 Å². The molecule has 0 aliphatic carbocycles. The van der Waals surface area contributed by atoms with Crippen LogP contribution in [0.4, 0.5) is 189 Å². The molecule has 0 aromatic heterocycles. The smallest absolute Gasteiger partial charge is 0.207 e. The van der Waals surface area contributed by atoms with Crippen LogP contribution in [0.2, 0.25) is 0 Å². The Labute approximate surface area is 720 Å². The van der Waals surface area contributed by atoms with Gasteiger partial charge in [-0.1, -0.05) is 161 Å². The summed E-state index contributed by atoms with van der Waals surface area (Å²) in [4.78, 5) is 0. The van der Waals surface area contributed by atoms with Crippen LogP contribution in [0.3, 0.4) is 0 Å². The van der Waals surface area contributed by atoms with E-state index in [1.807, 2.05) is 0 Å². The summed E-state index contributed by atoms with van der Waals surface area (Å²) in [6.45, 7) is 21.7. The largest absolute Gasteiger partial charge is 0.306 e. The second-order valence-electron chi connectivity index (χ2n) is 28.0. The molecule has 0 spiro atoms. The highest BCUT2D eigenvalue weighted by molar-refractivity contribution is 7.21. The van der Waals surface area contributed by atoms with Crippen molar-refractivity contribution in [3.05, 3.63) is 402 Å². The van der Waals surface area contributed by atoms with E-state index in [1.165, 1.54) is 0 Å². The monoisotopic (exact) mass is 1940 g/mol. The molecule has 0 unspecified atom stereocenters. The van der Waals surface area contributed by atoms with Crippen molar-refractivity contribution >= 4 is 132 Å². The molecule has 0 aliphatic rings. The van der Waals surface area contributed by atoms with Gasteiger partial charge in [0.1, 0.15) is 146 Å². The van der Waals surface area contributed by atoms with Crippen LogP contribution in [0.15, 0.2) is 125 Å². The van der Waals surface area contributed by atoms with Crippen LogP contribution in [-0.4, -0.2) is 18.4 Å². The molecule has 134 heavy (non-hydrogen) atoms. The predicted molar refractivity (Wildman–Crippen MR) is 409 cm³/mol. The van der Waals surface area contributed by atoms with Crippen LogP contribution >= 0.6 is 0 Å². The lowest BCUT2D eigenvalue weighted by molar-refractivity contribution is 0.380. The molecule has 0 N–H and O–H groups in total. The van der Waals surface area contributed by atoms with Crippen LogP contribution in [0.5, 0.6) is 0 Å². The average molecular weight is 1940 g/mol. The van der Waals surface area contributed by atoms with E-state index in [9.17, 15) is 65.9 Å². The van der Waals surface area contributed by atoms with Gasteiger partial charge in [-0.3, -0.25) is 0 Å². The standard InChI is InChI=1S/C32H20BF8.C30H9BF17.C26H4BF18/c1-5-21-25(34)9-17(10-26(21)35)33(18-11-27(36)22(6-2)28(37)12-18,19-13-29(38)23(7-3)30(39)14-19)20-15-31(40)24(8-4)32(41)16-20;1-4-7-14(32)20(38)10(21(39)15(7)33)31(13-26(44)28(46)30(48)29(47)27(13)45,11-22(40)16(34)8(5-2)17(35)23(11)41)12-24(42)18(36)9(6-3)19(37)25(12)43;28-10(26(44)45)5-1-3-6(4-2-5)27(7-11(29)17(35)23(41)18(36)12(7)30,8-13(31)19(37)24(42)20(38)14(8)32)9-15(33)21(39)25(43)22(40)16(9)34/h5-16H,1-4H2;4-6H,1-3H2;1-4H/q3*-1. The predicted octanol–water partition coefficient (Wildman–Crippen LogP) is 20.8. The Hall–Kier alpha value is -14.3. The first-order chi connectivity index (χ1) is 62.6. The van der Waals surface area contributed by atoms with E-state index in [2.05, 4.69) is 46.1 Å². The Balaban J connectivity index is 0.000000209. The normalized spacial score (nSPS) is 11.6. The van der Waals surface area contributed by atoms with Crippen LogP contribution in [-0.2, 0) is 0 Å². The van der Waals surface area contributed by atoms with Gasteiger partial charge in [0.15, 0.2) is 111 Å². The molecule has 12 aromatic carbocycles. The van der Waals surface area contributed by atoms with E-state index in [1.54, 1.807) is 0 Å². The van der Waals surface area contributed by atoms with Crippen LogP contribution in [0.1, 0.15) is 44.5 Å².